The van der Waals surface area contributed by atoms with E-state index in [-0.39, 0.29) is 12.0 Å². The number of amides is 1. The molecule has 0 radical (unpaired) electrons. The number of halogens is 3. The summed E-state index contributed by atoms with van der Waals surface area (Å²) in [4.78, 5) is 21.7. The van der Waals surface area contributed by atoms with Crippen molar-refractivity contribution in [2.24, 2.45) is 12.8 Å². The number of rotatable bonds is 6. The number of carbonyl (C=O) groups is 1. The maximum absolute atomic E-state index is 15.0. The van der Waals surface area contributed by atoms with Crippen molar-refractivity contribution in [3.63, 3.8) is 0 Å². The number of aromatic nitrogens is 4. The van der Waals surface area contributed by atoms with Gasteiger partial charge in [-0.3, -0.25) is 4.68 Å². The van der Waals surface area contributed by atoms with E-state index in [0.29, 0.717) is 40.5 Å². The number of carbonyl (C=O) groups excluding carboxylic acids is 1. The van der Waals surface area contributed by atoms with E-state index in [9.17, 15) is 13.6 Å². The number of hydrogen-bond acceptors (Lipinski definition) is 6. The second-order valence-electron chi connectivity index (χ2n) is 10.9. The van der Waals surface area contributed by atoms with E-state index in [2.05, 4.69) is 32.0 Å². The van der Waals surface area contributed by atoms with Gasteiger partial charge in [0.2, 0.25) is 5.95 Å². The van der Waals surface area contributed by atoms with Gasteiger partial charge in [-0.15, -0.1) is 5.10 Å². The van der Waals surface area contributed by atoms with Crippen molar-refractivity contribution in [2.45, 2.75) is 57.4 Å². The minimum absolute atomic E-state index is 0.0268. The Hall–Kier alpha value is -4.48. The molecule has 4 aromatic rings. The first-order valence-corrected chi connectivity index (χ1v) is 14.3. The molecule has 43 heavy (non-hydrogen) atoms. The average Bonchev–Trinajstić information content (AvgIpc) is 3.75. The molecule has 12 heteroatoms. The number of hydrogen-bond donors (Lipinski definition) is 2. The molecule has 9 nitrogen and oxygen atoms in total. The molecule has 0 spiro atoms. The summed E-state index contributed by atoms with van der Waals surface area (Å²) in [6.07, 6.45) is 7.28. The van der Waals surface area contributed by atoms with E-state index in [1.165, 1.54) is 23.9 Å². The number of pyridine rings is 1. The smallest absolute Gasteiger partial charge is 0.404 e. The number of nitrogens with two attached hydrogens (primary N) is 1. The van der Waals surface area contributed by atoms with Gasteiger partial charge in [0.1, 0.15) is 11.5 Å². The van der Waals surface area contributed by atoms with Gasteiger partial charge in [0.15, 0.2) is 0 Å². The van der Waals surface area contributed by atoms with Crippen LogP contribution < -0.4 is 15.5 Å². The van der Waals surface area contributed by atoms with Crippen molar-refractivity contribution in [2.75, 3.05) is 24.0 Å². The predicted molar refractivity (Wildman–Crippen MR) is 161 cm³/mol. The minimum atomic E-state index is -2.91. The summed E-state index contributed by atoms with van der Waals surface area (Å²) in [5.74, 6) is -2.65. The summed E-state index contributed by atoms with van der Waals surface area (Å²) in [6, 6.07) is 6.65. The van der Waals surface area contributed by atoms with Gasteiger partial charge in [-0.1, -0.05) is 57.0 Å². The Morgan fingerprint density at radius 2 is 1.86 bits per heavy atom. The number of primary amides is 1. The third-order valence-electron chi connectivity index (χ3n) is 8.15. The fourth-order valence-electron chi connectivity index (χ4n) is 6.06. The monoisotopic (exact) mass is 595 g/mol. The van der Waals surface area contributed by atoms with Crippen LogP contribution in [0.4, 0.5) is 29.3 Å². The van der Waals surface area contributed by atoms with Crippen LogP contribution in [0.25, 0.3) is 33.4 Å². The number of benzene rings is 1. The fraction of sp³-hybridized carbons (Fsp3) is 0.387. The van der Waals surface area contributed by atoms with Crippen LogP contribution in [0.3, 0.4) is 0 Å². The molecule has 0 bridgehead atoms. The van der Waals surface area contributed by atoms with Crippen LogP contribution in [0.15, 0.2) is 49.1 Å². The average molecular weight is 596 g/mol. The second-order valence-corrected chi connectivity index (χ2v) is 10.9. The van der Waals surface area contributed by atoms with Crippen LogP contribution >= 0.6 is 0 Å². The maximum Gasteiger partial charge on any atom is 0.404 e. The number of anilines is 2. The third kappa shape index (κ3) is 5.41. The quantitative estimate of drug-likeness (QED) is 0.248. The predicted octanol–water partition coefficient (Wildman–Crippen LogP) is 7.04. The Bertz CT molecular complexity index is 1660. The zero-order valence-corrected chi connectivity index (χ0v) is 24.8. The van der Waals surface area contributed by atoms with Crippen LogP contribution in [-0.4, -0.2) is 46.0 Å². The first kappa shape index (κ1) is 30.0. The van der Waals surface area contributed by atoms with Crippen LogP contribution in [0.1, 0.15) is 51.0 Å². The summed E-state index contributed by atoms with van der Waals surface area (Å²) in [7, 11) is 4.86. The van der Waals surface area contributed by atoms with Crippen LogP contribution in [-0.2, 0) is 17.7 Å². The van der Waals surface area contributed by atoms with Gasteiger partial charge in [0.25, 0.3) is 5.92 Å². The largest absolute Gasteiger partial charge is 0.453 e. The number of H-pyrrole nitrogens is 1. The first-order chi connectivity index (χ1) is 20.5. The van der Waals surface area contributed by atoms with Gasteiger partial charge in [0.05, 0.1) is 41.3 Å². The zero-order valence-electron chi connectivity index (χ0n) is 24.8. The number of aromatic amines is 1. The van der Waals surface area contributed by atoms with E-state index in [1.54, 1.807) is 32.3 Å². The van der Waals surface area contributed by atoms with Gasteiger partial charge < -0.3 is 25.3 Å². The van der Waals surface area contributed by atoms with E-state index in [0.717, 1.165) is 48.3 Å². The molecule has 2 aliphatic rings. The van der Waals surface area contributed by atoms with E-state index < -0.39 is 18.0 Å². The number of ether oxygens (including phenoxy) is 1. The van der Waals surface area contributed by atoms with E-state index in [4.69, 9.17) is 4.98 Å². The molecule has 3 N–H and O–H groups in total. The van der Waals surface area contributed by atoms with Crippen molar-refractivity contribution in [1.82, 2.24) is 19.7 Å². The highest BCUT2D eigenvalue weighted by atomic mass is 19.3. The number of alkyl halides is 2. The molecular formula is C31H36F3N7O2. The number of fused-ring (bicyclic) bond motifs is 3. The first-order valence-electron chi connectivity index (χ1n) is 14.3. The molecular weight excluding hydrogens is 559 g/mol. The van der Waals surface area contributed by atoms with Gasteiger partial charge in [0, 0.05) is 43.9 Å². The highest BCUT2D eigenvalue weighted by molar-refractivity contribution is 6.13. The molecule has 1 aliphatic carbocycles. The lowest BCUT2D eigenvalue weighted by molar-refractivity contribution is -0.0140. The van der Waals surface area contributed by atoms with Crippen molar-refractivity contribution >= 4 is 28.5 Å². The number of nitrogens with one attached hydrogen (secondary N) is 1. The molecule has 1 aromatic carbocycles. The Morgan fingerprint density at radius 3 is 2.42 bits per heavy atom. The summed E-state index contributed by atoms with van der Waals surface area (Å²) in [6.45, 7) is 6.13. The summed E-state index contributed by atoms with van der Waals surface area (Å²) < 4.78 is 49.7. The molecule has 1 fully saturated rings. The Kier molecular flexibility index (Phi) is 8.13. The van der Waals surface area contributed by atoms with Gasteiger partial charge >= 0.3 is 6.09 Å². The molecule has 0 saturated heterocycles. The van der Waals surface area contributed by atoms with Gasteiger partial charge in [-0.25, -0.2) is 18.6 Å². The Labute approximate surface area is 248 Å². The number of methoxy groups -OCH3 is 1. The highest BCUT2D eigenvalue weighted by Crippen LogP contribution is 2.52. The van der Waals surface area contributed by atoms with E-state index in [1.807, 2.05) is 18.1 Å². The topological polar surface area (TPSA) is 105 Å². The standard InChI is InChI=1S/C29H31F3N6.C2H5NO2/c1-5-14-29(31,32)19-12-10-18(11-13-19)23-24-26-22(37(4)17(2)38(26)20-8-6-7-9-20)15-33-28(24)34-25(23)21-16-36(3)35-27(21)30;1-5-2(3)4/h10-13,15-16,20H,2,5-9,14H2,1,3-4H3,(H,33,34);1H3,(H2,3,4). The maximum atomic E-state index is 15.0. The SMILES string of the molecule is C=C1N(C)c2cnc3[nH]c(-c4cn(C)nc4F)c(-c4ccc(C(F)(F)CCC)cc4)c3c2N1C1CCCC1.COC(N)=O. The summed E-state index contributed by atoms with van der Waals surface area (Å²) in [5, 5.41) is 4.74. The van der Waals surface area contributed by atoms with Crippen molar-refractivity contribution < 1.29 is 22.7 Å². The van der Waals surface area contributed by atoms with E-state index >= 15 is 4.39 Å². The second kappa shape index (κ2) is 11.7. The number of nitrogens with zero attached hydrogens (tertiary/aromatic N) is 5. The molecule has 6 rings (SSSR count). The molecule has 228 valence electrons. The lowest BCUT2D eigenvalue weighted by atomic mass is 9.95. The lowest BCUT2D eigenvalue weighted by Crippen LogP contribution is -2.33. The molecule has 1 saturated carbocycles. The highest BCUT2D eigenvalue weighted by Gasteiger charge is 2.38. The zero-order chi connectivity index (χ0) is 31.1. The molecule has 3 aromatic heterocycles. The van der Waals surface area contributed by atoms with Crippen LogP contribution in [0.2, 0.25) is 0 Å². The third-order valence-corrected chi connectivity index (χ3v) is 8.15. The normalized spacial score (nSPS) is 15.2. The molecule has 0 unspecified atom stereocenters. The fourth-order valence-corrected chi connectivity index (χ4v) is 6.06. The molecule has 1 aliphatic heterocycles. The Morgan fingerprint density at radius 1 is 1.21 bits per heavy atom. The molecule has 0 atom stereocenters. The number of aryl methyl sites for hydroxylation is 1. The van der Waals surface area contributed by atoms with Crippen LogP contribution in [0.5, 0.6) is 0 Å². The minimum Gasteiger partial charge on any atom is -0.453 e. The van der Waals surface area contributed by atoms with Crippen molar-refractivity contribution in [1.29, 1.82) is 0 Å². The van der Waals surface area contributed by atoms with Crippen molar-refractivity contribution in [3.05, 3.63) is 60.6 Å². The molecule has 1 amide bonds. The van der Waals surface area contributed by atoms with Crippen molar-refractivity contribution in [3.8, 4) is 22.4 Å². The lowest BCUT2D eigenvalue weighted by Gasteiger charge is -2.28. The summed E-state index contributed by atoms with van der Waals surface area (Å²) >= 11 is 0. The van der Waals surface area contributed by atoms with Gasteiger partial charge in [-0.2, -0.15) is 4.39 Å². The Balaban J connectivity index is 0.000000682. The van der Waals surface area contributed by atoms with Crippen LogP contribution in [0, 0.1) is 5.95 Å². The molecule has 4 heterocycles. The summed E-state index contributed by atoms with van der Waals surface area (Å²) in [5.41, 5.74) is 9.12. The van der Waals surface area contributed by atoms with Gasteiger partial charge in [-0.05, 0) is 18.4 Å².